The van der Waals surface area contributed by atoms with E-state index in [1.165, 1.54) is 32.1 Å². The highest BCUT2D eigenvalue weighted by Crippen LogP contribution is 2.70. The minimum absolute atomic E-state index is 0.0724. The second-order valence-corrected chi connectivity index (χ2v) is 8.87. The Balaban J connectivity index is 1.36. The van der Waals surface area contributed by atoms with Gasteiger partial charge in [0.05, 0.1) is 0 Å². The smallest absolute Gasteiger partial charge is 0.410 e. The zero-order valence-electron chi connectivity index (χ0n) is 14.1. The summed E-state index contributed by atoms with van der Waals surface area (Å²) in [7, 11) is 0. The van der Waals surface area contributed by atoms with Crippen molar-refractivity contribution >= 4 is 6.09 Å². The molecule has 0 spiro atoms. The summed E-state index contributed by atoms with van der Waals surface area (Å²) in [5, 5.41) is 0. The van der Waals surface area contributed by atoms with Gasteiger partial charge in [0, 0.05) is 19.0 Å². The summed E-state index contributed by atoms with van der Waals surface area (Å²) in [6.45, 7) is 5.86. The van der Waals surface area contributed by atoms with Gasteiger partial charge in [0.15, 0.2) is 0 Å². The van der Waals surface area contributed by atoms with Gasteiger partial charge in [-0.25, -0.2) is 4.79 Å². The van der Waals surface area contributed by atoms with Crippen LogP contribution in [0.4, 0.5) is 4.79 Å². The van der Waals surface area contributed by atoms with E-state index in [0.29, 0.717) is 5.92 Å². The van der Waals surface area contributed by atoms with Gasteiger partial charge in [0.1, 0.15) is 5.60 Å². The molecule has 5 aliphatic rings. The maximum Gasteiger partial charge on any atom is 0.410 e. The van der Waals surface area contributed by atoms with Crippen molar-refractivity contribution in [1.29, 1.82) is 0 Å². The Hall–Kier alpha value is -0.990. The van der Waals surface area contributed by atoms with E-state index in [-0.39, 0.29) is 11.7 Å². The van der Waals surface area contributed by atoms with Gasteiger partial charge >= 0.3 is 6.09 Å². The molecule has 1 saturated heterocycles. The van der Waals surface area contributed by atoms with E-state index < -0.39 is 0 Å². The van der Waals surface area contributed by atoms with Gasteiger partial charge in [-0.1, -0.05) is 6.58 Å². The maximum atomic E-state index is 12.7. The van der Waals surface area contributed by atoms with Crippen molar-refractivity contribution in [3.8, 4) is 0 Å². The molecular formula is C20H29NO2. The van der Waals surface area contributed by atoms with E-state index in [9.17, 15) is 4.79 Å². The molecule has 0 aromatic rings. The molecule has 3 heteroatoms. The van der Waals surface area contributed by atoms with Crippen LogP contribution in [0.15, 0.2) is 12.7 Å². The topological polar surface area (TPSA) is 29.5 Å². The normalized spacial score (nSPS) is 50.2. The summed E-state index contributed by atoms with van der Waals surface area (Å²) < 4.78 is 6.21. The Morgan fingerprint density at radius 2 is 1.78 bits per heavy atom. The minimum Gasteiger partial charge on any atom is -0.438 e. The highest BCUT2D eigenvalue weighted by atomic mass is 16.6. The molecule has 7 unspecified atom stereocenters. The van der Waals surface area contributed by atoms with Crippen molar-refractivity contribution in [2.24, 2.45) is 35.5 Å². The first-order chi connectivity index (χ1) is 11.2. The molecule has 1 heterocycles. The molecule has 4 aliphatic carbocycles. The number of amides is 1. The van der Waals surface area contributed by atoms with Crippen molar-refractivity contribution in [3.05, 3.63) is 12.7 Å². The maximum absolute atomic E-state index is 12.7. The predicted octanol–water partition coefficient (Wildman–Crippen LogP) is 4.24. The zero-order valence-corrected chi connectivity index (χ0v) is 14.1. The molecule has 0 radical (unpaired) electrons. The quantitative estimate of drug-likeness (QED) is 0.563. The second kappa shape index (κ2) is 5.00. The largest absolute Gasteiger partial charge is 0.438 e. The number of carbonyl (C=O) groups is 1. The first kappa shape index (κ1) is 14.4. The Bertz CT molecular complexity index is 526. The number of nitrogens with zero attached hydrogens (tertiary/aromatic N) is 1. The number of carbonyl (C=O) groups excluding carboxylic acids is 1. The molecule has 0 N–H and O–H groups in total. The van der Waals surface area contributed by atoms with Crippen LogP contribution in [-0.2, 0) is 4.74 Å². The number of rotatable bonds is 2. The summed E-state index contributed by atoms with van der Waals surface area (Å²) >= 11 is 0. The molecule has 1 amide bonds. The molecule has 126 valence electrons. The van der Waals surface area contributed by atoms with Gasteiger partial charge in [0.25, 0.3) is 0 Å². The standard InChI is InChI=1S/C20H29NO2/c1-2-20(23-19(22)21-8-4-3-5-9-21)12-15-11-16(20)18-14-7-6-13(10-14)17(15)18/h2,13-18H,1,3-12H2. The van der Waals surface area contributed by atoms with E-state index in [4.69, 9.17) is 4.74 Å². The highest BCUT2D eigenvalue weighted by molar-refractivity contribution is 5.68. The molecule has 0 aromatic carbocycles. The van der Waals surface area contributed by atoms with Crippen LogP contribution < -0.4 is 0 Å². The van der Waals surface area contributed by atoms with Crippen LogP contribution in [0, 0.1) is 35.5 Å². The Morgan fingerprint density at radius 1 is 1.04 bits per heavy atom. The number of likely N-dealkylation sites (tertiary alicyclic amines) is 1. The summed E-state index contributed by atoms with van der Waals surface area (Å²) in [6.07, 6.45) is 12.1. The van der Waals surface area contributed by atoms with Crippen molar-refractivity contribution in [1.82, 2.24) is 4.90 Å². The Kier molecular flexibility index (Phi) is 3.12. The second-order valence-electron chi connectivity index (χ2n) is 8.87. The molecule has 4 bridgehead atoms. The van der Waals surface area contributed by atoms with E-state index in [1.807, 2.05) is 11.0 Å². The summed E-state index contributed by atoms with van der Waals surface area (Å²) in [6, 6.07) is 0. The molecule has 5 fully saturated rings. The third-order valence-electron chi connectivity index (χ3n) is 8.06. The van der Waals surface area contributed by atoms with Gasteiger partial charge in [-0.15, -0.1) is 0 Å². The summed E-state index contributed by atoms with van der Waals surface area (Å²) in [5.74, 6) is 5.00. The first-order valence-corrected chi connectivity index (χ1v) is 9.83. The fourth-order valence-electron chi connectivity index (χ4n) is 7.32. The Labute approximate surface area is 139 Å². The van der Waals surface area contributed by atoms with Crippen LogP contribution in [0.2, 0.25) is 0 Å². The number of hydrogen-bond donors (Lipinski definition) is 0. The van der Waals surface area contributed by atoms with Crippen LogP contribution in [0.3, 0.4) is 0 Å². The molecule has 0 aromatic heterocycles. The highest BCUT2D eigenvalue weighted by Gasteiger charge is 2.67. The average Bonchev–Trinajstić information content (AvgIpc) is 3.34. The number of hydrogen-bond acceptors (Lipinski definition) is 2. The first-order valence-electron chi connectivity index (χ1n) is 9.83. The third-order valence-corrected chi connectivity index (χ3v) is 8.06. The molecule has 7 atom stereocenters. The van der Waals surface area contributed by atoms with Crippen molar-refractivity contribution < 1.29 is 9.53 Å². The van der Waals surface area contributed by atoms with Crippen LogP contribution in [0.1, 0.15) is 51.4 Å². The molecule has 5 rings (SSSR count). The van der Waals surface area contributed by atoms with Crippen molar-refractivity contribution in [3.63, 3.8) is 0 Å². The lowest BCUT2D eigenvalue weighted by Crippen LogP contribution is -2.49. The molecular weight excluding hydrogens is 286 g/mol. The van der Waals surface area contributed by atoms with Crippen LogP contribution in [0.25, 0.3) is 0 Å². The number of fused-ring (bicyclic) bond motifs is 9. The third kappa shape index (κ3) is 1.91. The fourth-order valence-corrected chi connectivity index (χ4v) is 7.32. The molecule has 3 nitrogen and oxygen atoms in total. The van der Waals surface area contributed by atoms with E-state index in [0.717, 1.165) is 61.9 Å². The average molecular weight is 315 g/mol. The number of piperidine rings is 1. The van der Waals surface area contributed by atoms with E-state index >= 15 is 0 Å². The van der Waals surface area contributed by atoms with Crippen LogP contribution in [0.5, 0.6) is 0 Å². The minimum atomic E-state index is -0.356. The summed E-state index contributed by atoms with van der Waals surface area (Å²) in [4.78, 5) is 14.6. The van der Waals surface area contributed by atoms with Crippen molar-refractivity contribution in [2.75, 3.05) is 13.1 Å². The lowest BCUT2D eigenvalue weighted by Gasteiger charge is -2.45. The molecule has 4 saturated carbocycles. The lowest BCUT2D eigenvalue weighted by molar-refractivity contribution is -0.0530. The number of ether oxygens (including phenoxy) is 1. The fraction of sp³-hybridized carbons (Fsp3) is 0.850. The van der Waals surface area contributed by atoms with Crippen LogP contribution in [-0.4, -0.2) is 29.7 Å². The van der Waals surface area contributed by atoms with Gasteiger partial charge in [-0.3, -0.25) is 0 Å². The lowest BCUT2D eigenvalue weighted by atomic mass is 9.65. The van der Waals surface area contributed by atoms with E-state index in [1.54, 1.807) is 0 Å². The van der Waals surface area contributed by atoms with Gasteiger partial charge in [0.2, 0.25) is 0 Å². The van der Waals surface area contributed by atoms with Crippen molar-refractivity contribution in [2.45, 2.75) is 57.0 Å². The van der Waals surface area contributed by atoms with Gasteiger partial charge < -0.3 is 9.64 Å². The van der Waals surface area contributed by atoms with Crippen LogP contribution >= 0.6 is 0 Å². The summed E-state index contributed by atoms with van der Waals surface area (Å²) in [5.41, 5.74) is -0.356. The molecule has 1 aliphatic heterocycles. The predicted molar refractivity (Wildman–Crippen MR) is 88.9 cm³/mol. The SMILES string of the molecule is C=CC1(OC(=O)N2CCCCC2)CC2CC1C1C3CCC(C3)C21. The van der Waals surface area contributed by atoms with Gasteiger partial charge in [-0.2, -0.15) is 0 Å². The Morgan fingerprint density at radius 3 is 2.52 bits per heavy atom. The zero-order chi connectivity index (χ0) is 15.6. The monoisotopic (exact) mass is 315 g/mol. The van der Waals surface area contributed by atoms with E-state index in [2.05, 4.69) is 6.58 Å². The van der Waals surface area contributed by atoms with Gasteiger partial charge in [-0.05, 0) is 87.0 Å². The molecule has 23 heavy (non-hydrogen) atoms.